The summed E-state index contributed by atoms with van der Waals surface area (Å²) >= 11 is 1.35. The Hall–Kier alpha value is -2.45. The minimum absolute atomic E-state index is 0.0746. The van der Waals surface area contributed by atoms with Crippen LogP contribution in [0.25, 0.3) is 16.9 Å². The summed E-state index contributed by atoms with van der Waals surface area (Å²) in [5, 5.41) is 5.20. The Kier molecular flexibility index (Phi) is 5.08. The lowest BCUT2D eigenvalue weighted by Gasteiger charge is -2.10. The molecule has 1 aromatic carbocycles. The molecule has 8 heteroatoms. The second kappa shape index (κ2) is 7.42. The molecule has 1 aliphatic heterocycles. The van der Waals surface area contributed by atoms with Crippen molar-refractivity contribution in [3.05, 3.63) is 52.7 Å². The van der Waals surface area contributed by atoms with Crippen LogP contribution in [0.15, 0.2) is 35.7 Å². The number of carbonyl (C=O) groups excluding carboxylic acids is 1. The average molecular weight is 430 g/mol. The van der Waals surface area contributed by atoms with Crippen molar-refractivity contribution in [1.29, 1.82) is 0 Å². The number of thiazole rings is 1. The van der Waals surface area contributed by atoms with Gasteiger partial charge in [-0.1, -0.05) is 17.7 Å². The number of aryl methyl sites for hydroxylation is 2. The van der Waals surface area contributed by atoms with Gasteiger partial charge in [-0.05, 0) is 45.4 Å². The number of sulfone groups is 1. The number of anilines is 1. The lowest BCUT2D eigenvalue weighted by Crippen LogP contribution is -2.23. The fraction of sp³-hybridized carbons (Fsp3) is 0.333. The maximum Gasteiger partial charge on any atom is 0.230 e. The van der Waals surface area contributed by atoms with Gasteiger partial charge in [0.1, 0.15) is 0 Å². The monoisotopic (exact) mass is 429 g/mol. The highest BCUT2D eigenvalue weighted by Gasteiger charge is 2.33. The molecule has 3 aromatic rings. The van der Waals surface area contributed by atoms with Gasteiger partial charge >= 0.3 is 0 Å². The quantitative estimate of drug-likeness (QED) is 0.682. The molecular weight excluding hydrogens is 406 g/mol. The van der Waals surface area contributed by atoms with Crippen LogP contribution in [-0.2, 0) is 14.6 Å². The first-order chi connectivity index (χ1) is 13.7. The Bertz CT molecular complexity index is 1170. The van der Waals surface area contributed by atoms with E-state index in [1.807, 2.05) is 5.38 Å². The van der Waals surface area contributed by atoms with Crippen LogP contribution in [0.4, 0.5) is 5.13 Å². The van der Waals surface area contributed by atoms with Crippen LogP contribution in [0, 0.1) is 26.7 Å². The summed E-state index contributed by atoms with van der Waals surface area (Å²) in [4.78, 5) is 16.9. The Morgan fingerprint density at radius 1 is 1.21 bits per heavy atom. The summed E-state index contributed by atoms with van der Waals surface area (Å²) in [5.74, 6) is -0.746. The summed E-state index contributed by atoms with van der Waals surface area (Å²) in [6.45, 7) is 6.19. The van der Waals surface area contributed by atoms with Crippen LogP contribution in [0.5, 0.6) is 0 Å². The molecule has 1 saturated heterocycles. The smallest absolute Gasteiger partial charge is 0.230 e. The molecule has 1 amide bonds. The fourth-order valence-corrected chi connectivity index (χ4v) is 6.23. The number of rotatable bonds is 4. The lowest BCUT2D eigenvalue weighted by molar-refractivity contribution is -0.119. The van der Waals surface area contributed by atoms with E-state index in [-0.39, 0.29) is 17.4 Å². The van der Waals surface area contributed by atoms with E-state index in [9.17, 15) is 13.2 Å². The zero-order valence-electron chi connectivity index (χ0n) is 16.6. The van der Waals surface area contributed by atoms with E-state index in [0.717, 1.165) is 28.3 Å². The third-order valence-corrected chi connectivity index (χ3v) is 7.86. The molecule has 0 saturated carbocycles. The molecule has 4 rings (SSSR count). The van der Waals surface area contributed by atoms with E-state index in [4.69, 9.17) is 0 Å². The standard InChI is InChI=1S/C21H23N3O3S2/c1-13-4-6-17(7-5-13)24-14(2)10-18(15(24)3)19-11-28-21(22-19)23-20(25)16-8-9-29(26,27)12-16/h4-7,10-11,16H,8-9,12H2,1-3H3,(H,22,23,25)/t16-/m0/s1. The first-order valence-corrected chi connectivity index (χ1v) is 12.2. The predicted octanol–water partition coefficient (Wildman–Crippen LogP) is 3.90. The second-order valence-corrected chi connectivity index (χ2v) is 10.7. The molecule has 3 heterocycles. The van der Waals surface area contributed by atoms with Crippen LogP contribution in [0.2, 0.25) is 0 Å². The topological polar surface area (TPSA) is 81.1 Å². The van der Waals surface area contributed by atoms with E-state index < -0.39 is 15.8 Å². The molecule has 0 aliphatic carbocycles. The molecule has 1 fully saturated rings. The van der Waals surface area contributed by atoms with Gasteiger partial charge in [-0.25, -0.2) is 13.4 Å². The molecule has 152 valence electrons. The van der Waals surface area contributed by atoms with Crippen LogP contribution in [0.1, 0.15) is 23.4 Å². The van der Waals surface area contributed by atoms with Crippen molar-refractivity contribution >= 4 is 32.2 Å². The number of carbonyl (C=O) groups is 1. The summed E-state index contributed by atoms with van der Waals surface area (Å²) in [7, 11) is -3.09. The normalized spacial score (nSPS) is 18.1. The summed E-state index contributed by atoms with van der Waals surface area (Å²) in [6.07, 6.45) is 0.379. The van der Waals surface area contributed by atoms with Gasteiger partial charge in [0.05, 0.1) is 23.1 Å². The zero-order chi connectivity index (χ0) is 20.8. The van der Waals surface area contributed by atoms with E-state index >= 15 is 0 Å². The Morgan fingerprint density at radius 3 is 2.59 bits per heavy atom. The molecule has 0 bridgehead atoms. The number of nitrogens with one attached hydrogen (secondary N) is 1. The number of benzene rings is 1. The molecule has 29 heavy (non-hydrogen) atoms. The van der Waals surface area contributed by atoms with E-state index in [1.54, 1.807) is 0 Å². The first-order valence-electron chi connectivity index (χ1n) is 9.47. The van der Waals surface area contributed by atoms with Crippen molar-refractivity contribution < 1.29 is 13.2 Å². The highest BCUT2D eigenvalue weighted by molar-refractivity contribution is 7.91. The number of aromatic nitrogens is 2. The highest BCUT2D eigenvalue weighted by Crippen LogP contribution is 2.32. The highest BCUT2D eigenvalue weighted by atomic mass is 32.2. The number of hydrogen-bond acceptors (Lipinski definition) is 5. The SMILES string of the molecule is Cc1ccc(-n2c(C)cc(-c3csc(NC(=O)[C@H]4CCS(=O)(=O)C4)n3)c2C)cc1. The van der Waals surface area contributed by atoms with Gasteiger partial charge < -0.3 is 9.88 Å². The van der Waals surface area contributed by atoms with E-state index in [0.29, 0.717) is 11.6 Å². The molecule has 0 unspecified atom stereocenters. The Labute approximate surface area is 174 Å². The van der Waals surface area contributed by atoms with Crippen LogP contribution >= 0.6 is 11.3 Å². The molecule has 1 atom stereocenters. The average Bonchev–Trinajstić information content (AvgIpc) is 3.34. The van der Waals surface area contributed by atoms with Crippen molar-refractivity contribution in [3.8, 4) is 16.9 Å². The van der Waals surface area contributed by atoms with Crippen LogP contribution < -0.4 is 5.32 Å². The molecule has 1 N–H and O–H groups in total. The number of amides is 1. The predicted molar refractivity (Wildman–Crippen MR) is 116 cm³/mol. The molecule has 6 nitrogen and oxygen atoms in total. The second-order valence-electron chi connectivity index (χ2n) is 7.58. The summed E-state index contributed by atoms with van der Waals surface area (Å²) in [5.41, 5.74) is 6.32. The van der Waals surface area contributed by atoms with Crippen molar-refractivity contribution in [2.45, 2.75) is 27.2 Å². The van der Waals surface area contributed by atoms with Crippen LogP contribution in [-0.4, -0.2) is 35.4 Å². The molecular formula is C21H23N3O3S2. The fourth-order valence-electron chi connectivity index (χ4n) is 3.78. The zero-order valence-corrected chi connectivity index (χ0v) is 18.2. The largest absolute Gasteiger partial charge is 0.318 e. The lowest BCUT2D eigenvalue weighted by atomic mass is 10.1. The van der Waals surface area contributed by atoms with Crippen molar-refractivity contribution in [3.63, 3.8) is 0 Å². The van der Waals surface area contributed by atoms with Crippen molar-refractivity contribution in [2.24, 2.45) is 5.92 Å². The molecule has 1 aliphatic rings. The maximum atomic E-state index is 12.4. The Morgan fingerprint density at radius 2 is 1.93 bits per heavy atom. The van der Waals surface area contributed by atoms with Crippen molar-refractivity contribution in [2.75, 3.05) is 16.8 Å². The first kappa shape index (κ1) is 19.8. The van der Waals surface area contributed by atoms with Gasteiger partial charge in [-0.2, -0.15) is 0 Å². The number of hydrogen-bond donors (Lipinski definition) is 1. The maximum absolute atomic E-state index is 12.4. The van der Waals surface area contributed by atoms with E-state index in [2.05, 4.69) is 66.0 Å². The Balaban J connectivity index is 1.56. The van der Waals surface area contributed by atoms with Gasteiger partial charge in [0, 0.05) is 28.0 Å². The number of nitrogens with zero attached hydrogens (tertiary/aromatic N) is 2. The van der Waals surface area contributed by atoms with Crippen LogP contribution in [0.3, 0.4) is 0 Å². The summed E-state index contributed by atoms with van der Waals surface area (Å²) in [6, 6.07) is 10.5. The third-order valence-electron chi connectivity index (χ3n) is 5.34. The van der Waals surface area contributed by atoms with Crippen molar-refractivity contribution in [1.82, 2.24) is 9.55 Å². The molecule has 0 radical (unpaired) electrons. The van der Waals surface area contributed by atoms with Gasteiger partial charge in [0.25, 0.3) is 0 Å². The summed E-state index contributed by atoms with van der Waals surface area (Å²) < 4.78 is 25.4. The molecule has 0 spiro atoms. The van der Waals surface area contributed by atoms with E-state index in [1.165, 1.54) is 16.9 Å². The van der Waals surface area contributed by atoms with Gasteiger partial charge in [0.2, 0.25) is 5.91 Å². The van der Waals surface area contributed by atoms with Gasteiger partial charge in [0.15, 0.2) is 15.0 Å². The van der Waals surface area contributed by atoms with Gasteiger partial charge in [-0.15, -0.1) is 11.3 Å². The third kappa shape index (κ3) is 4.00. The minimum atomic E-state index is -3.09. The van der Waals surface area contributed by atoms with Gasteiger partial charge in [-0.3, -0.25) is 4.79 Å². The minimum Gasteiger partial charge on any atom is -0.318 e. The molecule has 2 aromatic heterocycles.